The molecule has 2 N–H and O–H groups in total. The number of piperazine rings is 1. The molecule has 3 atom stereocenters. The number of piperidine rings is 2. The van der Waals surface area contributed by atoms with Crippen LogP contribution in [0.5, 0.6) is 0 Å². The molecule has 0 radical (unpaired) electrons. The number of rotatable bonds is 6. The molecule has 5 aliphatic rings. The Bertz CT molecular complexity index is 1560. The van der Waals surface area contributed by atoms with Gasteiger partial charge in [0.05, 0.1) is 11.1 Å². The first-order valence-electron chi connectivity index (χ1n) is 17.3. The topological polar surface area (TPSA) is 122 Å². The van der Waals surface area contributed by atoms with Crippen molar-refractivity contribution in [1.82, 2.24) is 20.4 Å². The SMILES string of the molecule is C[C@@H]1CCC[C@H](NC(=O)c2ccc(N3CCN(C4CCN(c5ccc6c(c5)C(=O)N(C5CCC(=O)NC5=O)C6=O)CC4)CC3)cc2)C1. The molecule has 4 aliphatic heterocycles. The van der Waals surface area contributed by atoms with Crippen molar-refractivity contribution in [2.45, 2.75) is 76.4 Å². The van der Waals surface area contributed by atoms with E-state index in [1.807, 2.05) is 18.2 Å². The van der Waals surface area contributed by atoms with Gasteiger partial charge in [-0.05, 0) is 80.5 Å². The van der Waals surface area contributed by atoms with Gasteiger partial charge in [-0.15, -0.1) is 0 Å². The maximum atomic E-state index is 13.3. The molecule has 4 fully saturated rings. The quantitative estimate of drug-likeness (QED) is 0.462. The van der Waals surface area contributed by atoms with Gasteiger partial charge in [-0.25, -0.2) is 0 Å². The predicted molar refractivity (Wildman–Crippen MR) is 177 cm³/mol. The van der Waals surface area contributed by atoms with Crippen molar-refractivity contribution in [1.29, 1.82) is 0 Å². The normalized spacial score (nSPS) is 26.0. The van der Waals surface area contributed by atoms with Gasteiger partial charge >= 0.3 is 0 Å². The van der Waals surface area contributed by atoms with Crippen molar-refractivity contribution in [3.05, 3.63) is 59.2 Å². The van der Waals surface area contributed by atoms with Gasteiger partial charge < -0.3 is 15.1 Å². The largest absolute Gasteiger partial charge is 0.371 e. The van der Waals surface area contributed by atoms with Crippen LogP contribution in [0.3, 0.4) is 0 Å². The Morgan fingerprint density at radius 2 is 1.45 bits per heavy atom. The van der Waals surface area contributed by atoms with E-state index in [1.165, 1.54) is 12.8 Å². The molecule has 11 nitrogen and oxygen atoms in total. The van der Waals surface area contributed by atoms with Crippen molar-refractivity contribution in [2.75, 3.05) is 49.1 Å². The molecular formula is C36H44N6O5. The minimum atomic E-state index is -0.958. The molecule has 2 aromatic rings. The molecule has 248 valence electrons. The van der Waals surface area contributed by atoms with Gasteiger partial charge in [-0.3, -0.25) is 39.1 Å². The molecule has 2 aromatic carbocycles. The van der Waals surface area contributed by atoms with E-state index in [0.29, 0.717) is 23.1 Å². The van der Waals surface area contributed by atoms with Crippen LogP contribution in [0.25, 0.3) is 0 Å². The number of carbonyl (C=O) groups excluding carboxylic acids is 5. The average molecular weight is 641 g/mol. The molecule has 47 heavy (non-hydrogen) atoms. The van der Waals surface area contributed by atoms with Crippen LogP contribution in [0.4, 0.5) is 11.4 Å². The summed E-state index contributed by atoms with van der Waals surface area (Å²) in [7, 11) is 0. The van der Waals surface area contributed by atoms with Gasteiger partial charge in [0.2, 0.25) is 11.8 Å². The highest BCUT2D eigenvalue weighted by Crippen LogP contribution is 2.32. The van der Waals surface area contributed by atoms with Crippen LogP contribution in [0.1, 0.15) is 89.4 Å². The zero-order valence-electron chi connectivity index (χ0n) is 27.1. The smallest absolute Gasteiger partial charge is 0.262 e. The summed E-state index contributed by atoms with van der Waals surface area (Å²) in [5, 5.41) is 5.48. The highest BCUT2D eigenvalue weighted by atomic mass is 16.2. The van der Waals surface area contributed by atoms with Crippen LogP contribution in [0.15, 0.2) is 42.5 Å². The highest BCUT2D eigenvalue weighted by Gasteiger charge is 2.45. The number of hydrogen-bond donors (Lipinski definition) is 2. The maximum Gasteiger partial charge on any atom is 0.262 e. The third kappa shape index (κ3) is 6.37. The first-order chi connectivity index (χ1) is 22.7. The molecule has 1 unspecified atom stereocenters. The lowest BCUT2D eigenvalue weighted by Gasteiger charge is -2.44. The number of nitrogens with one attached hydrogen (secondary N) is 2. The summed E-state index contributed by atoms with van der Waals surface area (Å²) in [4.78, 5) is 71.4. The number of benzene rings is 2. The lowest BCUT2D eigenvalue weighted by molar-refractivity contribution is -0.136. The van der Waals surface area contributed by atoms with Crippen molar-refractivity contribution in [2.24, 2.45) is 5.92 Å². The predicted octanol–water partition coefficient (Wildman–Crippen LogP) is 3.19. The van der Waals surface area contributed by atoms with Crippen molar-refractivity contribution in [3.63, 3.8) is 0 Å². The third-order valence-electron chi connectivity index (χ3n) is 10.8. The van der Waals surface area contributed by atoms with E-state index in [9.17, 15) is 24.0 Å². The average Bonchev–Trinajstić information content (AvgIpc) is 3.33. The summed E-state index contributed by atoms with van der Waals surface area (Å²) in [5.74, 6) is -1.22. The van der Waals surface area contributed by atoms with Crippen LogP contribution >= 0.6 is 0 Å². The number of anilines is 2. The number of fused-ring (bicyclic) bond motifs is 1. The molecule has 1 saturated carbocycles. The fourth-order valence-corrected chi connectivity index (χ4v) is 8.15. The van der Waals surface area contributed by atoms with E-state index in [2.05, 4.69) is 44.4 Å². The monoisotopic (exact) mass is 640 g/mol. The number of imide groups is 2. The van der Waals surface area contributed by atoms with Crippen molar-refractivity contribution < 1.29 is 24.0 Å². The Morgan fingerprint density at radius 3 is 2.15 bits per heavy atom. The fraction of sp³-hybridized carbons (Fsp3) is 0.528. The minimum absolute atomic E-state index is 0.0287. The molecule has 0 spiro atoms. The van der Waals surface area contributed by atoms with Crippen LogP contribution in [-0.4, -0.2) is 96.7 Å². The van der Waals surface area contributed by atoms with Crippen LogP contribution in [-0.2, 0) is 9.59 Å². The van der Waals surface area contributed by atoms with Gasteiger partial charge in [0.25, 0.3) is 17.7 Å². The Balaban J connectivity index is 0.895. The summed E-state index contributed by atoms with van der Waals surface area (Å²) in [6.07, 6.45) is 6.85. The number of nitrogens with zero attached hydrogens (tertiary/aromatic N) is 4. The van der Waals surface area contributed by atoms with Gasteiger partial charge in [-0.2, -0.15) is 0 Å². The van der Waals surface area contributed by atoms with Crippen molar-refractivity contribution in [3.8, 4) is 0 Å². The second-order valence-electron chi connectivity index (χ2n) is 13.9. The van der Waals surface area contributed by atoms with Gasteiger partial charge in [0.1, 0.15) is 6.04 Å². The summed E-state index contributed by atoms with van der Waals surface area (Å²) >= 11 is 0. The zero-order valence-corrected chi connectivity index (χ0v) is 27.1. The first-order valence-corrected chi connectivity index (χ1v) is 17.3. The molecule has 4 heterocycles. The lowest BCUT2D eigenvalue weighted by atomic mass is 9.87. The minimum Gasteiger partial charge on any atom is -0.371 e. The zero-order chi connectivity index (χ0) is 32.7. The molecular weight excluding hydrogens is 596 g/mol. The summed E-state index contributed by atoms with van der Waals surface area (Å²) in [6.45, 7) is 7.82. The Hall–Kier alpha value is -4.25. The second-order valence-corrected chi connectivity index (χ2v) is 13.9. The number of amides is 5. The molecule has 5 amide bonds. The van der Waals surface area contributed by atoms with Crippen LogP contribution < -0.4 is 20.4 Å². The molecule has 3 saturated heterocycles. The first kappa shape index (κ1) is 31.4. The van der Waals surface area contributed by atoms with Crippen LogP contribution in [0.2, 0.25) is 0 Å². The molecule has 0 bridgehead atoms. The number of carbonyl (C=O) groups is 5. The summed E-state index contributed by atoms with van der Waals surface area (Å²) in [5.41, 5.74) is 3.42. The van der Waals surface area contributed by atoms with Gasteiger partial charge in [0.15, 0.2) is 0 Å². The second kappa shape index (κ2) is 13.1. The van der Waals surface area contributed by atoms with Crippen LogP contribution in [0, 0.1) is 5.92 Å². The van der Waals surface area contributed by atoms with E-state index >= 15 is 0 Å². The van der Waals surface area contributed by atoms with E-state index in [-0.39, 0.29) is 30.7 Å². The van der Waals surface area contributed by atoms with E-state index in [1.54, 1.807) is 12.1 Å². The fourth-order valence-electron chi connectivity index (χ4n) is 8.15. The highest BCUT2D eigenvalue weighted by molar-refractivity contribution is 6.23. The Labute approximate surface area is 275 Å². The van der Waals surface area contributed by atoms with Crippen molar-refractivity contribution >= 4 is 40.9 Å². The molecule has 7 rings (SSSR count). The van der Waals surface area contributed by atoms with E-state index < -0.39 is 23.8 Å². The summed E-state index contributed by atoms with van der Waals surface area (Å²) in [6, 6.07) is 13.2. The van der Waals surface area contributed by atoms with Gasteiger partial charge in [0, 0.05) is 74.7 Å². The summed E-state index contributed by atoms with van der Waals surface area (Å²) < 4.78 is 0. The van der Waals surface area contributed by atoms with E-state index in [4.69, 9.17) is 0 Å². The lowest BCUT2D eigenvalue weighted by Crippen LogP contribution is -2.54. The number of hydrogen-bond acceptors (Lipinski definition) is 8. The molecule has 0 aromatic heterocycles. The standard InChI is InChI=1S/C36H44N6O5/c1-23-3-2-4-25(21-23)37-33(44)24-5-7-26(8-6-24)40-17-19-41(20-18-40)27-13-15-39(16-14-27)28-9-10-29-30(22-28)36(47)42(35(29)46)31-11-12-32(43)38-34(31)45/h5-10,22-23,25,27,31H,2-4,11-21H2,1H3,(H,37,44)(H,38,43,45)/t23-,25+,31?/m1/s1. The Morgan fingerprint density at radius 1 is 0.766 bits per heavy atom. The third-order valence-corrected chi connectivity index (χ3v) is 10.8. The Kier molecular flexibility index (Phi) is 8.74. The molecule has 11 heteroatoms. The van der Waals surface area contributed by atoms with E-state index in [0.717, 1.165) is 86.8 Å². The van der Waals surface area contributed by atoms with Gasteiger partial charge in [-0.1, -0.05) is 19.8 Å². The maximum absolute atomic E-state index is 13.3. The molecule has 1 aliphatic carbocycles.